The fourth-order valence-corrected chi connectivity index (χ4v) is 2.15. The molecule has 0 atom stereocenters. The molecule has 3 N–H and O–H groups in total. The summed E-state index contributed by atoms with van der Waals surface area (Å²) in [5.74, 6) is 0. The second kappa shape index (κ2) is 5.91. The Hall–Kier alpha value is -1.78. The Morgan fingerprint density at radius 1 is 1.32 bits per heavy atom. The molecule has 0 saturated carbocycles. The number of nitrogens with one attached hydrogen (secondary N) is 1. The summed E-state index contributed by atoms with van der Waals surface area (Å²) in [5.41, 5.74) is 8.68. The normalized spacial score (nSPS) is 11.4. The van der Waals surface area contributed by atoms with Crippen LogP contribution in [0.15, 0.2) is 12.4 Å². The van der Waals surface area contributed by atoms with Gasteiger partial charge in [-0.1, -0.05) is 19.8 Å². The highest BCUT2D eigenvalue weighted by molar-refractivity contribution is 5.94. The summed E-state index contributed by atoms with van der Waals surface area (Å²) in [4.78, 5) is 4.49. The fourth-order valence-electron chi connectivity index (χ4n) is 2.15. The maximum atomic E-state index is 6.18. The molecule has 0 aliphatic heterocycles. The van der Waals surface area contributed by atoms with Crippen LogP contribution in [0.3, 0.4) is 0 Å². The van der Waals surface area contributed by atoms with Crippen molar-refractivity contribution in [2.75, 3.05) is 11.1 Å². The van der Waals surface area contributed by atoms with E-state index in [9.17, 15) is 0 Å². The van der Waals surface area contributed by atoms with Crippen LogP contribution in [0.1, 0.15) is 40.0 Å². The Morgan fingerprint density at radius 3 is 2.79 bits per heavy atom. The van der Waals surface area contributed by atoms with Crippen LogP contribution in [0.5, 0.6) is 0 Å². The number of unbranched alkanes of at least 4 members (excludes halogenated alkanes) is 2. The first-order chi connectivity index (χ1) is 9.13. The van der Waals surface area contributed by atoms with Crippen molar-refractivity contribution in [3.05, 3.63) is 12.4 Å². The van der Waals surface area contributed by atoms with Crippen LogP contribution >= 0.6 is 0 Å². The number of nitrogen functional groups attached to an aromatic ring is 1. The highest BCUT2D eigenvalue weighted by atomic mass is 15.3. The smallest absolute Gasteiger partial charge is 0.159 e. The second-order valence-electron chi connectivity index (χ2n) is 5.20. The number of hydrogen-bond donors (Lipinski definition) is 2. The van der Waals surface area contributed by atoms with Crippen LogP contribution in [0.2, 0.25) is 0 Å². The van der Waals surface area contributed by atoms with Gasteiger partial charge >= 0.3 is 0 Å². The number of aromatic nitrogens is 3. The minimum atomic E-state index is 0.334. The first-order valence-electron chi connectivity index (χ1n) is 7.00. The quantitative estimate of drug-likeness (QED) is 0.784. The van der Waals surface area contributed by atoms with Gasteiger partial charge in [-0.25, -0.2) is 9.67 Å². The van der Waals surface area contributed by atoms with Crippen molar-refractivity contribution in [3.63, 3.8) is 0 Å². The predicted octanol–water partition coefficient (Wildman–Crippen LogP) is 3.02. The molecule has 2 aromatic heterocycles. The molecule has 0 unspecified atom stereocenters. The van der Waals surface area contributed by atoms with E-state index < -0.39 is 0 Å². The fraction of sp³-hybridized carbons (Fsp3) is 0.571. The van der Waals surface area contributed by atoms with E-state index >= 15 is 0 Å². The molecule has 2 aromatic rings. The monoisotopic (exact) mass is 261 g/mol. The van der Waals surface area contributed by atoms with Crippen molar-refractivity contribution in [1.82, 2.24) is 14.8 Å². The van der Waals surface area contributed by atoms with Crippen LogP contribution in [-0.2, 0) is 6.54 Å². The number of hydrogen-bond acceptors (Lipinski definition) is 4. The summed E-state index contributed by atoms with van der Waals surface area (Å²) in [7, 11) is 0. The van der Waals surface area contributed by atoms with E-state index in [4.69, 9.17) is 5.73 Å². The highest BCUT2D eigenvalue weighted by Crippen LogP contribution is 2.27. The molecule has 0 aliphatic carbocycles. The number of nitrogens with two attached hydrogens (primary N) is 1. The average molecular weight is 261 g/mol. The van der Waals surface area contributed by atoms with Crippen LogP contribution in [0.25, 0.3) is 11.0 Å². The third-order valence-corrected chi connectivity index (χ3v) is 3.13. The van der Waals surface area contributed by atoms with Gasteiger partial charge in [0.2, 0.25) is 0 Å². The zero-order valence-corrected chi connectivity index (χ0v) is 12.0. The summed E-state index contributed by atoms with van der Waals surface area (Å²) < 4.78 is 1.94. The lowest BCUT2D eigenvalue weighted by molar-refractivity contribution is 0.564. The van der Waals surface area contributed by atoms with E-state index in [1.807, 2.05) is 10.9 Å². The molecule has 104 valence electrons. The molecule has 19 heavy (non-hydrogen) atoms. The van der Waals surface area contributed by atoms with Crippen LogP contribution in [0, 0.1) is 0 Å². The Balaban J connectivity index is 2.27. The number of nitrogens with zero attached hydrogens (tertiary/aromatic N) is 3. The van der Waals surface area contributed by atoms with Gasteiger partial charge in [-0.3, -0.25) is 0 Å². The van der Waals surface area contributed by atoms with E-state index in [1.54, 1.807) is 6.20 Å². The van der Waals surface area contributed by atoms with E-state index in [-0.39, 0.29) is 0 Å². The Bertz CT molecular complexity index is 544. The van der Waals surface area contributed by atoms with Gasteiger partial charge in [0, 0.05) is 12.6 Å². The average Bonchev–Trinajstić information content (AvgIpc) is 2.77. The van der Waals surface area contributed by atoms with E-state index in [0.717, 1.165) is 35.4 Å². The van der Waals surface area contributed by atoms with E-state index in [0.29, 0.717) is 6.04 Å². The number of rotatable bonds is 6. The van der Waals surface area contributed by atoms with Crippen molar-refractivity contribution in [2.24, 2.45) is 0 Å². The molecule has 2 heterocycles. The first kappa shape index (κ1) is 13.6. The SMILES string of the molecule is CCCCCn1ncc2c(N)c(NC(C)C)cnc21. The second-order valence-corrected chi connectivity index (χ2v) is 5.20. The first-order valence-corrected chi connectivity index (χ1v) is 7.00. The number of fused-ring (bicyclic) bond motifs is 1. The lowest BCUT2D eigenvalue weighted by Gasteiger charge is -2.12. The van der Waals surface area contributed by atoms with Crippen LogP contribution in [0.4, 0.5) is 11.4 Å². The van der Waals surface area contributed by atoms with Gasteiger partial charge < -0.3 is 11.1 Å². The Morgan fingerprint density at radius 2 is 2.11 bits per heavy atom. The Labute approximate surface area is 114 Å². The Kier molecular flexibility index (Phi) is 4.24. The molecule has 5 heteroatoms. The molecule has 0 spiro atoms. The standard InChI is InChI=1S/C14H23N5/c1-4-5-6-7-19-14-11(8-17-19)13(15)12(9-16-14)18-10(2)3/h8-10,18H,4-7H2,1-3H3,(H2,15,16). The van der Waals surface area contributed by atoms with Crippen molar-refractivity contribution in [3.8, 4) is 0 Å². The molecule has 0 fully saturated rings. The third kappa shape index (κ3) is 2.97. The van der Waals surface area contributed by atoms with Gasteiger partial charge in [0.1, 0.15) is 0 Å². The van der Waals surface area contributed by atoms with Gasteiger partial charge in [-0.15, -0.1) is 0 Å². The lowest BCUT2D eigenvalue weighted by Crippen LogP contribution is -2.12. The molecule has 0 aliphatic rings. The molecular formula is C14H23N5. The lowest BCUT2D eigenvalue weighted by atomic mass is 10.2. The van der Waals surface area contributed by atoms with Crippen molar-refractivity contribution >= 4 is 22.4 Å². The molecule has 5 nitrogen and oxygen atoms in total. The van der Waals surface area contributed by atoms with Crippen molar-refractivity contribution in [2.45, 2.75) is 52.6 Å². The zero-order valence-electron chi connectivity index (χ0n) is 12.0. The highest BCUT2D eigenvalue weighted by Gasteiger charge is 2.11. The van der Waals surface area contributed by atoms with Gasteiger partial charge in [0.05, 0.1) is 29.2 Å². The topological polar surface area (TPSA) is 68.8 Å². The molecule has 0 aromatic carbocycles. The summed E-state index contributed by atoms with van der Waals surface area (Å²) in [5, 5.41) is 8.63. The van der Waals surface area contributed by atoms with E-state index in [1.165, 1.54) is 12.8 Å². The molecule has 0 saturated heterocycles. The molecular weight excluding hydrogens is 238 g/mol. The largest absolute Gasteiger partial charge is 0.396 e. The maximum Gasteiger partial charge on any atom is 0.159 e. The summed E-state index contributed by atoms with van der Waals surface area (Å²) in [6.07, 6.45) is 7.16. The van der Waals surface area contributed by atoms with Gasteiger partial charge in [-0.05, 0) is 20.3 Å². The number of anilines is 2. The zero-order chi connectivity index (χ0) is 13.8. The number of pyridine rings is 1. The molecule has 0 amide bonds. The van der Waals surface area contributed by atoms with Crippen LogP contribution < -0.4 is 11.1 Å². The molecule has 0 radical (unpaired) electrons. The maximum absolute atomic E-state index is 6.18. The van der Waals surface area contributed by atoms with Gasteiger partial charge in [0.15, 0.2) is 5.65 Å². The molecule has 2 rings (SSSR count). The number of aryl methyl sites for hydroxylation is 1. The summed E-state index contributed by atoms with van der Waals surface area (Å²) in [6, 6.07) is 0.334. The van der Waals surface area contributed by atoms with Crippen molar-refractivity contribution < 1.29 is 0 Å². The minimum Gasteiger partial charge on any atom is -0.396 e. The van der Waals surface area contributed by atoms with Crippen molar-refractivity contribution in [1.29, 1.82) is 0 Å². The van der Waals surface area contributed by atoms with Crippen LogP contribution in [-0.4, -0.2) is 20.8 Å². The van der Waals surface area contributed by atoms with Gasteiger partial charge in [-0.2, -0.15) is 5.10 Å². The van der Waals surface area contributed by atoms with Gasteiger partial charge in [0.25, 0.3) is 0 Å². The summed E-state index contributed by atoms with van der Waals surface area (Å²) in [6.45, 7) is 7.26. The third-order valence-electron chi connectivity index (χ3n) is 3.13. The predicted molar refractivity (Wildman–Crippen MR) is 80.2 cm³/mol. The van der Waals surface area contributed by atoms with E-state index in [2.05, 4.69) is 36.2 Å². The summed E-state index contributed by atoms with van der Waals surface area (Å²) >= 11 is 0. The molecule has 0 bridgehead atoms. The minimum absolute atomic E-state index is 0.334.